The van der Waals surface area contributed by atoms with E-state index in [9.17, 15) is 4.79 Å². The van der Waals surface area contributed by atoms with Crippen LogP contribution in [0.25, 0.3) is 0 Å². The third kappa shape index (κ3) is 6.32. The Bertz CT molecular complexity index is 837. The molecule has 0 aromatic carbocycles. The first kappa shape index (κ1) is 23.3. The second-order valence-electron chi connectivity index (χ2n) is 7.66. The Morgan fingerprint density at radius 3 is 2.71 bits per heavy atom. The first-order valence-electron chi connectivity index (χ1n) is 10.3. The largest absolute Gasteiger partial charge is 0.483 e. The smallest absolute Gasteiger partial charge is 0.290 e. The Balaban J connectivity index is 0.000000858. The monoisotopic (exact) mass is 447 g/mol. The van der Waals surface area contributed by atoms with E-state index in [0.29, 0.717) is 25.5 Å². The van der Waals surface area contributed by atoms with Gasteiger partial charge in [0, 0.05) is 32.4 Å². The van der Waals surface area contributed by atoms with Crippen LogP contribution in [-0.2, 0) is 21.8 Å². The Labute approximate surface area is 186 Å². The molecule has 1 N–H and O–H groups in total. The molecule has 2 aromatic heterocycles. The molecule has 1 amide bonds. The minimum atomic E-state index is -0.250. The molecule has 9 heteroatoms. The SMILES string of the molecule is CSCc1ccc(C(=O)N2CCOC3(CCN(Cc4ccccn4)CC3)C2)o1.O=CO. The molecule has 2 aliphatic rings. The lowest BCUT2D eigenvalue weighted by Gasteiger charge is -2.47. The van der Waals surface area contributed by atoms with Crippen molar-refractivity contribution in [1.29, 1.82) is 0 Å². The van der Waals surface area contributed by atoms with E-state index in [2.05, 4.69) is 16.0 Å². The number of rotatable bonds is 5. The average Bonchev–Trinajstić information content (AvgIpc) is 3.25. The van der Waals surface area contributed by atoms with E-state index < -0.39 is 0 Å². The molecule has 2 fully saturated rings. The first-order chi connectivity index (χ1) is 15.1. The van der Waals surface area contributed by atoms with E-state index >= 15 is 0 Å². The second-order valence-corrected chi connectivity index (χ2v) is 8.53. The number of amides is 1. The van der Waals surface area contributed by atoms with Gasteiger partial charge >= 0.3 is 0 Å². The standard InChI is InChI=1S/C21H27N3O3S.CH2O2/c1-28-15-18-5-6-19(27-18)20(25)24-12-13-26-21(16-24)7-10-23(11-8-21)14-17-4-2-3-9-22-17;2-1-3/h2-6,9H,7-8,10-16H2,1H3;1H,(H,2,3). The zero-order chi connectivity index (χ0) is 22.1. The molecular weight excluding hydrogens is 418 g/mol. The fourth-order valence-electron chi connectivity index (χ4n) is 4.03. The normalized spacial score (nSPS) is 18.3. The van der Waals surface area contributed by atoms with Crippen LogP contribution in [-0.4, -0.2) is 76.9 Å². The number of piperidine rings is 1. The van der Waals surface area contributed by atoms with Gasteiger partial charge in [0.1, 0.15) is 5.76 Å². The first-order valence-corrected chi connectivity index (χ1v) is 11.7. The number of thioether (sulfide) groups is 1. The van der Waals surface area contributed by atoms with E-state index in [4.69, 9.17) is 19.1 Å². The molecule has 0 saturated carbocycles. The van der Waals surface area contributed by atoms with Gasteiger partial charge in [-0.1, -0.05) is 6.07 Å². The lowest BCUT2D eigenvalue weighted by atomic mass is 9.89. The Hall–Kier alpha value is -2.36. The number of furan rings is 1. The van der Waals surface area contributed by atoms with E-state index in [1.165, 1.54) is 0 Å². The molecule has 0 atom stereocenters. The summed E-state index contributed by atoms with van der Waals surface area (Å²) in [5.74, 6) is 2.05. The number of likely N-dealkylation sites (tertiary alicyclic amines) is 1. The van der Waals surface area contributed by atoms with Crippen LogP contribution in [0, 0.1) is 0 Å². The summed E-state index contributed by atoms with van der Waals surface area (Å²) in [6.45, 7) is 4.38. The molecule has 4 heterocycles. The highest BCUT2D eigenvalue weighted by molar-refractivity contribution is 7.97. The van der Waals surface area contributed by atoms with Gasteiger partial charge in [-0.3, -0.25) is 19.5 Å². The third-order valence-corrected chi connectivity index (χ3v) is 6.15. The van der Waals surface area contributed by atoms with Gasteiger partial charge in [-0.15, -0.1) is 0 Å². The zero-order valence-corrected chi connectivity index (χ0v) is 18.6. The maximum atomic E-state index is 12.9. The number of carbonyl (C=O) groups excluding carboxylic acids is 1. The number of hydrogen-bond donors (Lipinski definition) is 1. The van der Waals surface area contributed by atoms with Crippen LogP contribution >= 0.6 is 11.8 Å². The number of carboxylic acid groups (broad SMARTS) is 1. The zero-order valence-electron chi connectivity index (χ0n) is 17.7. The van der Waals surface area contributed by atoms with Crippen LogP contribution < -0.4 is 0 Å². The summed E-state index contributed by atoms with van der Waals surface area (Å²) in [5, 5.41) is 6.89. The van der Waals surface area contributed by atoms with E-state index in [1.807, 2.05) is 35.6 Å². The summed E-state index contributed by atoms with van der Waals surface area (Å²) in [5.41, 5.74) is 0.863. The van der Waals surface area contributed by atoms with Gasteiger partial charge in [-0.2, -0.15) is 11.8 Å². The highest BCUT2D eigenvalue weighted by Gasteiger charge is 2.41. The molecule has 8 nitrogen and oxygen atoms in total. The van der Waals surface area contributed by atoms with Crippen molar-refractivity contribution in [3.05, 3.63) is 53.7 Å². The van der Waals surface area contributed by atoms with Crippen LogP contribution in [0.5, 0.6) is 0 Å². The minimum absolute atomic E-state index is 0.0223. The van der Waals surface area contributed by atoms with Crippen molar-refractivity contribution in [2.24, 2.45) is 0 Å². The van der Waals surface area contributed by atoms with Gasteiger partial charge in [0.05, 0.1) is 30.2 Å². The van der Waals surface area contributed by atoms with E-state index in [-0.39, 0.29) is 18.0 Å². The molecule has 2 saturated heterocycles. The lowest BCUT2D eigenvalue weighted by Crippen LogP contribution is -2.57. The highest BCUT2D eigenvalue weighted by Crippen LogP contribution is 2.31. The van der Waals surface area contributed by atoms with Gasteiger partial charge in [-0.05, 0) is 43.4 Å². The molecule has 2 aromatic rings. The van der Waals surface area contributed by atoms with Crippen LogP contribution in [0.4, 0.5) is 0 Å². The van der Waals surface area contributed by atoms with Crippen molar-refractivity contribution < 1.29 is 23.8 Å². The molecule has 1 spiro atoms. The number of morpholine rings is 1. The fraction of sp³-hybridized carbons (Fsp3) is 0.500. The molecule has 0 radical (unpaired) electrons. The quantitative estimate of drug-likeness (QED) is 0.699. The molecular formula is C22H29N3O5S. The van der Waals surface area contributed by atoms with Crippen molar-refractivity contribution in [3.63, 3.8) is 0 Å². The molecule has 2 aliphatic heterocycles. The Kier molecular flexibility index (Phi) is 8.51. The highest BCUT2D eigenvalue weighted by atomic mass is 32.2. The molecule has 168 valence electrons. The molecule has 0 unspecified atom stereocenters. The third-order valence-electron chi connectivity index (χ3n) is 5.57. The van der Waals surface area contributed by atoms with Crippen LogP contribution in [0.3, 0.4) is 0 Å². The molecule has 0 aliphatic carbocycles. The van der Waals surface area contributed by atoms with Gasteiger partial charge in [0.15, 0.2) is 5.76 Å². The summed E-state index contributed by atoms with van der Waals surface area (Å²) in [6, 6.07) is 9.73. The number of carbonyl (C=O) groups is 2. The Morgan fingerprint density at radius 1 is 1.26 bits per heavy atom. The number of hydrogen-bond acceptors (Lipinski definition) is 7. The van der Waals surface area contributed by atoms with E-state index in [0.717, 1.165) is 49.7 Å². The van der Waals surface area contributed by atoms with Crippen LogP contribution in [0.15, 0.2) is 40.9 Å². The number of ether oxygens (including phenoxy) is 1. The summed E-state index contributed by atoms with van der Waals surface area (Å²) in [4.78, 5) is 30.0. The average molecular weight is 448 g/mol. The predicted octanol–water partition coefficient (Wildman–Crippen LogP) is 2.75. The number of pyridine rings is 1. The van der Waals surface area contributed by atoms with Crippen molar-refractivity contribution >= 4 is 24.1 Å². The van der Waals surface area contributed by atoms with Gasteiger partial charge in [0.25, 0.3) is 12.4 Å². The fourth-order valence-corrected chi connectivity index (χ4v) is 4.47. The number of aromatic nitrogens is 1. The topological polar surface area (TPSA) is 96.1 Å². The summed E-state index contributed by atoms with van der Waals surface area (Å²) in [7, 11) is 0. The van der Waals surface area contributed by atoms with Crippen LogP contribution in [0.2, 0.25) is 0 Å². The van der Waals surface area contributed by atoms with Gasteiger partial charge in [0.2, 0.25) is 0 Å². The molecule has 4 rings (SSSR count). The maximum absolute atomic E-state index is 12.9. The predicted molar refractivity (Wildman–Crippen MR) is 118 cm³/mol. The van der Waals surface area contributed by atoms with Crippen molar-refractivity contribution in [2.75, 3.05) is 39.0 Å². The van der Waals surface area contributed by atoms with Crippen molar-refractivity contribution in [2.45, 2.75) is 30.7 Å². The van der Waals surface area contributed by atoms with Crippen molar-refractivity contribution in [3.8, 4) is 0 Å². The number of nitrogens with zero attached hydrogens (tertiary/aromatic N) is 3. The summed E-state index contributed by atoms with van der Waals surface area (Å²) in [6.07, 6.45) is 5.72. The van der Waals surface area contributed by atoms with Gasteiger partial charge in [-0.25, -0.2) is 0 Å². The summed E-state index contributed by atoms with van der Waals surface area (Å²) < 4.78 is 11.9. The lowest BCUT2D eigenvalue weighted by molar-refractivity contribution is -0.128. The minimum Gasteiger partial charge on any atom is -0.483 e. The maximum Gasteiger partial charge on any atom is 0.290 e. The Morgan fingerprint density at radius 2 is 2.03 bits per heavy atom. The van der Waals surface area contributed by atoms with Crippen LogP contribution in [0.1, 0.15) is 34.9 Å². The molecule has 0 bridgehead atoms. The van der Waals surface area contributed by atoms with Gasteiger partial charge < -0.3 is 19.2 Å². The molecule has 31 heavy (non-hydrogen) atoms. The second kappa shape index (κ2) is 11.3. The van der Waals surface area contributed by atoms with E-state index in [1.54, 1.807) is 17.8 Å². The van der Waals surface area contributed by atoms with Crippen molar-refractivity contribution in [1.82, 2.24) is 14.8 Å². The summed E-state index contributed by atoms with van der Waals surface area (Å²) >= 11 is 1.69.